The van der Waals surface area contributed by atoms with E-state index in [1.54, 1.807) is 0 Å². The Morgan fingerprint density at radius 1 is 0.745 bits per heavy atom. The Hall–Kier alpha value is -5.86. The van der Waals surface area contributed by atoms with Crippen molar-refractivity contribution in [3.8, 4) is 11.1 Å². The summed E-state index contributed by atoms with van der Waals surface area (Å²) in [5.74, 6) is 1.73. The lowest BCUT2D eigenvalue weighted by atomic mass is 9.63. The third-order valence-electron chi connectivity index (χ3n) is 14.0. The summed E-state index contributed by atoms with van der Waals surface area (Å²) in [5.41, 5.74) is 19.2. The molecule has 5 aromatic rings. The van der Waals surface area contributed by atoms with Gasteiger partial charge in [0, 0.05) is 28.6 Å². The molecule has 0 saturated heterocycles. The second-order valence-electron chi connectivity index (χ2n) is 16.7. The van der Waals surface area contributed by atoms with Crippen molar-refractivity contribution in [3.05, 3.63) is 214 Å². The van der Waals surface area contributed by atoms with Crippen molar-refractivity contribution < 1.29 is 0 Å². The molecule has 7 aliphatic rings. The number of benzene rings is 4. The highest BCUT2D eigenvalue weighted by Crippen LogP contribution is 2.67. The summed E-state index contributed by atoms with van der Waals surface area (Å²) >= 11 is 0. The molecule has 4 aromatic carbocycles. The molecule has 2 heterocycles. The van der Waals surface area contributed by atoms with Gasteiger partial charge in [0.1, 0.15) is 6.17 Å². The molecule has 1 aliphatic heterocycles. The van der Waals surface area contributed by atoms with Crippen LogP contribution in [-0.4, -0.2) is 4.57 Å². The Balaban J connectivity index is 0.980. The zero-order valence-electron chi connectivity index (χ0n) is 31.3. The number of hydrogen-bond donors (Lipinski definition) is 1. The van der Waals surface area contributed by atoms with Crippen molar-refractivity contribution in [2.24, 2.45) is 17.8 Å². The molecule has 6 aliphatic carbocycles. The molecule has 6 unspecified atom stereocenters. The van der Waals surface area contributed by atoms with Gasteiger partial charge < -0.3 is 9.88 Å². The molecule has 0 bridgehead atoms. The standard InChI is InChI=1S/C53H44N2/c1-33-18-20-34(21-19-33)37-26-28-42-43-29-27-38(31-48(43)53(47(42)30-37)45-14-6-3-11-40(45)41-12-4-7-15-46(41)53)35-22-24-36(25-23-35)52-54-49-16-8-5-13-44(49)51-32-39-10-2-9-17-50(39)55(51)52/h2-4,6-12,14-20,22-25,27-32,34,37,40,45,52,54H,5,13,21,26H2,1H3. The summed E-state index contributed by atoms with van der Waals surface area (Å²) in [6.45, 7) is 2.23. The highest BCUT2D eigenvalue weighted by atomic mass is 15.2. The van der Waals surface area contributed by atoms with Crippen LogP contribution in [0.25, 0.3) is 33.2 Å². The van der Waals surface area contributed by atoms with E-state index in [1.807, 2.05) is 0 Å². The van der Waals surface area contributed by atoms with E-state index in [9.17, 15) is 0 Å². The maximum absolute atomic E-state index is 3.95. The van der Waals surface area contributed by atoms with Crippen LogP contribution >= 0.6 is 0 Å². The van der Waals surface area contributed by atoms with Crippen LogP contribution in [-0.2, 0) is 5.41 Å². The number of fused-ring (bicyclic) bond motifs is 14. The van der Waals surface area contributed by atoms with Crippen molar-refractivity contribution in [1.29, 1.82) is 0 Å². The predicted molar refractivity (Wildman–Crippen MR) is 227 cm³/mol. The smallest absolute Gasteiger partial charge is 0.130 e. The fourth-order valence-corrected chi connectivity index (χ4v) is 11.5. The Bertz CT molecular complexity index is 2720. The van der Waals surface area contributed by atoms with Crippen molar-refractivity contribution in [2.45, 2.75) is 50.1 Å². The van der Waals surface area contributed by atoms with Gasteiger partial charge in [-0.25, -0.2) is 0 Å². The van der Waals surface area contributed by atoms with Gasteiger partial charge in [0.15, 0.2) is 0 Å². The van der Waals surface area contributed by atoms with Gasteiger partial charge in [0.25, 0.3) is 0 Å². The largest absolute Gasteiger partial charge is 0.361 e. The second kappa shape index (κ2) is 11.8. The third kappa shape index (κ3) is 4.43. The zero-order chi connectivity index (χ0) is 36.3. The Morgan fingerprint density at radius 3 is 2.49 bits per heavy atom. The zero-order valence-corrected chi connectivity index (χ0v) is 31.3. The Kier molecular flexibility index (Phi) is 6.77. The summed E-state index contributed by atoms with van der Waals surface area (Å²) in [6.07, 6.45) is 31.1. The Morgan fingerprint density at radius 2 is 1.58 bits per heavy atom. The van der Waals surface area contributed by atoms with E-state index in [4.69, 9.17) is 0 Å². The van der Waals surface area contributed by atoms with E-state index in [0.29, 0.717) is 23.7 Å². The lowest BCUT2D eigenvalue weighted by molar-refractivity contribution is 0.440. The number of nitrogens with one attached hydrogen (secondary N) is 1. The van der Waals surface area contributed by atoms with Crippen LogP contribution in [0.5, 0.6) is 0 Å². The fraction of sp³-hybridized carbons (Fsp3) is 0.208. The molecular formula is C53H44N2. The first-order valence-corrected chi connectivity index (χ1v) is 20.4. The molecule has 266 valence electrons. The van der Waals surface area contributed by atoms with E-state index in [0.717, 1.165) is 25.7 Å². The summed E-state index contributed by atoms with van der Waals surface area (Å²) in [4.78, 5) is 0. The molecule has 55 heavy (non-hydrogen) atoms. The molecule has 0 amide bonds. The highest BCUT2D eigenvalue weighted by molar-refractivity contribution is 5.95. The van der Waals surface area contributed by atoms with Gasteiger partial charge in [-0.05, 0) is 124 Å². The van der Waals surface area contributed by atoms with Crippen molar-refractivity contribution in [1.82, 2.24) is 9.88 Å². The lowest BCUT2D eigenvalue weighted by Gasteiger charge is -2.38. The maximum Gasteiger partial charge on any atom is 0.130 e. The van der Waals surface area contributed by atoms with Gasteiger partial charge in [-0.1, -0.05) is 145 Å². The van der Waals surface area contributed by atoms with Gasteiger partial charge in [-0.3, -0.25) is 0 Å². The van der Waals surface area contributed by atoms with Crippen LogP contribution in [0.2, 0.25) is 0 Å². The number of rotatable bonds is 3. The van der Waals surface area contributed by atoms with Crippen molar-refractivity contribution in [2.75, 3.05) is 0 Å². The number of nitrogens with zero attached hydrogens (tertiary/aromatic N) is 1. The van der Waals surface area contributed by atoms with Gasteiger partial charge in [0.05, 0.1) is 10.9 Å². The molecule has 2 heteroatoms. The molecule has 0 fully saturated rings. The second-order valence-corrected chi connectivity index (χ2v) is 16.7. The average Bonchev–Trinajstić information content (AvgIpc) is 3.88. The monoisotopic (exact) mass is 708 g/mol. The van der Waals surface area contributed by atoms with Crippen LogP contribution in [0.4, 0.5) is 0 Å². The molecule has 0 radical (unpaired) electrons. The van der Waals surface area contributed by atoms with Crippen molar-refractivity contribution >= 4 is 22.0 Å². The quantitative estimate of drug-likeness (QED) is 0.197. The Labute approximate surface area is 324 Å². The number of para-hydroxylation sites is 1. The van der Waals surface area contributed by atoms with E-state index in [2.05, 4.69) is 181 Å². The normalized spacial score (nSPS) is 27.8. The van der Waals surface area contributed by atoms with E-state index < -0.39 is 0 Å². The summed E-state index contributed by atoms with van der Waals surface area (Å²) in [6, 6.07) is 37.4. The molecule has 1 N–H and O–H groups in total. The summed E-state index contributed by atoms with van der Waals surface area (Å²) in [7, 11) is 0. The minimum Gasteiger partial charge on any atom is -0.361 e. The molecular weight excluding hydrogens is 665 g/mol. The van der Waals surface area contributed by atoms with Crippen LogP contribution in [0.3, 0.4) is 0 Å². The molecule has 0 saturated carbocycles. The molecule has 1 aromatic heterocycles. The highest BCUT2D eigenvalue weighted by Gasteiger charge is 2.59. The first-order valence-electron chi connectivity index (χ1n) is 20.4. The van der Waals surface area contributed by atoms with Gasteiger partial charge in [0.2, 0.25) is 0 Å². The molecule has 2 nitrogen and oxygen atoms in total. The number of hydrogen-bond acceptors (Lipinski definition) is 1. The van der Waals surface area contributed by atoms with Crippen molar-refractivity contribution in [3.63, 3.8) is 0 Å². The van der Waals surface area contributed by atoms with Gasteiger partial charge in [-0.2, -0.15) is 0 Å². The first-order chi connectivity index (χ1) is 27.2. The number of aromatic nitrogens is 1. The third-order valence-corrected chi connectivity index (χ3v) is 14.0. The molecule has 12 rings (SSSR count). The topological polar surface area (TPSA) is 17.0 Å². The minimum atomic E-state index is -0.223. The van der Waals surface area contributed by atoms with Gasteiger partial charge >= 0.3 is 0 Å². The summed E-state index contributed by atoms with van der Waals surface area (Å²) < 4.78 is 2.53. The van der Waals surface area contributed by atoms with E-state index in [1.165, 1.54) is 83.5 Å². The van der Waals surface area contributed by atoms with Crippen LogP contribution in [0.1, 0.15) is 78.2 Å². The SMILES string of the molecule is CC1=CCC(C2C=C3C(=CC2)c2ccc(-c4ccc(C5NC6=C(CCC=C6)c6cc7ccccc7n65)cc4)cc2C32c3ccccc3C3C=CC=CC32)C=C1. The maximum atomic E-state index is 3.95. The van der Waals surface area contributed by atoms with Crippen LogP contribution < -0.4 is 5.32 Å². The average molecular weight is 709 g/mol. The predicted octanol–water partition coefficient (Wildman–Crippen LogP) is 12.5. The first kappa shape index (κ1) is 31.5. The summed E-state index contributed by atoms with van der Waals surface area (Å²) in [5, 5.41) is 5.25. The fourth-order valence-electron chi connectivity index (χ4n) is 11.5. The van der Waals surface area contributed by atoms with Crippen LogP contribution in [0, 0.1) is 17.8 Å². The molecule has 6 atom stereocenters. The molecule has 1 spiro atoms. The van der Waals surface area contributed by atoms with Crippen LogP contribution in [0.15, 0.2) is 181 Å². The minimum absolute atomic E-state index is 0.0279. The number of allylic oxidation sites excluding steroid dienone is 15. The lowest BCUT2D eigenvalue weighted by Crippen LogP contribution is -2.34. The van der Waals surface area contributed by atoms with E-state index >= 15 is 0 Å². The van der Waals surface area contributed by atoms with E-state index in [-0.39, 0.29) is 11.6 Å². The van der Waals surface area contributed by atoms with Gasteiger partial charge in [-0.15, -0.1) is 0 Å².